The molecule has 2 fully saturated rings. The van der Waals surface area contributed by atoms with Crippen molar-refractivity contribution in [2.45, 2.75) is 25.7 Å². The van der Waals surface area contributed by atoms with Crippen molar-refractivity contribution in [2.24, 2.45) is 0 Å². The summed E-state index contributed by atoms with van der Waals surface area (Å²) in [6, 6.07) is 15.9. The molecule has 0 atom stereocenters. The lowest BCUT2D eigenvalue weighted by Crippen LogP contribution is -2.49. The van der Waals surface area contributed by atoms with Gasteiger partial charge < -0.3 is 9.80 Å². The molecule has 2 aliphatic rings. The van der Waals surface area contributed by atoms with E-state index in [1.165, 1.54) is 0 Å². The van der Waals surface area contributed by atoms with Crippen molar-refractivity contribution in [1.82, 2.24) is 24.5 Å². The van der Waals surface area contributed by atoms with E-state index in [1.54, 1.807) is 0 Å². The minimum absolute atomic E-state index is 0.0999. The first-order valence-corrected chi connectivity index (χ1v) is 10.9. The van der Waals surface area contributed by atoms with E-state index in [2.05, 4.69) is 25.6 Å². The third-order valence-electron chi connectivity index (χ3n) is 6.31. The Balaban J connectivity index is 1.33. The van der Waals surface area contributed by atoms with E-state index in [-0.39, 0.29) is 5.91 Å². The number of fused-ring (bicyclic) bond motifs is 3. The predicted molar refractivity (Wildman–Crippen MR) is 120 cm³/mol. The van der Waals surface area contributed by atoms with Crippen LogP contribution in [0.3, 0.4) is 0 Å². The van der Waals surface area contributed by atoms with Gasteiger partial charge in [-0.1, -0.05) is 29.8 Å². The molecule has 0 N–H and O–H groups in total. The molecule has 1 amide bonds. The number of carbonyl (C=O) groups is 1. The molecule has 7 nitrogen and oxygen atoms in total. The van der Waals surface area contributed by atoms with Gasteiger partial charge in [0.1, 0.15) is 5.82 Å². The van der Waals surface area contributed by atoms with E-state index >= 15 is 0 Å². The second-order valence-corrected chi connectivity index (χ2v) is 8.57. The fourth-order valence-electron chi connectivity index (χ4n) is 4.47. The Morgan fingerprint density at radius 2 is 1.77 bits per heavy atom. The first kappa shape index (κ1) is 18.3. The number of rotatable bonds is 3. The molecular formula is C24H24N6O. The van der Waals surface area contributed by atoms with Gasteiger partial charge in [0.25, 0.3) is 5.91 Å². The molecular weight excluding hydrogens is 388 g/mol. The van der Waals surface area contributed by atoms with E-state index in [9.17, 15) is 4.79 Å². The van der Waals surface area contributed by atoms with Crippen molar-refractivity contribution in [3.8, 4) is 0 Å². The van der Waals surface area contributed by atoms with Crippen LogP contribution in [0.2, 0.25) is 0 Å². The molecule has 31 heavy (non-hydrogen) atoms. The summed E-state index contributed by atoms with van der Waals surface area (Å²) in [6.07, 6.45) is 2.32. The minimum atomic E-state index is 0.0999. The lowest BCUT2D eigenvalue weighted by atomic mass is 10.1. The maximum absolute atomic E-state index is 13.0. The zero-order valence-electron chi connectivity index (χ0n) is 17.5. The zero-order valence-corrected chi connectivity index (χ0v) is 17.5. The van der Waals surface area contributed by atoms with Gasteiger partial charge >= 0.3 is 0 Å². The number of nitrogens with zero attached hydrogens (tertiary/aromatic N) is 6. The smallest absolute Gasteiger partial charge is 0.253 e. The molecule has 0 spiro atoms. The first-order valence-electron chi connectivity index (χ1n) is 10.9. The first-order chi connectivity index (χ1) is 15.2. The van der Waals surface area contributed by atoms with Gasteiger partial charge in [0.05, 0.1) is 5.52 Å². The highest BCUT2D eigenvalue weighted by Crippen LogP contribution is 2.40. The molecule has 0 radical (unpaired) electrons. The Morgan fingerprint density at radius 1 is 0.968 bits per heavy atom. The fourth-order valence-corrected chi connectivity index (χ4v) is 4.47. The Hall–Kier alpha value is -3.48. The molecule has 0 unspecified atom stereocenters. The number of benzene rings is 2. The molecule has 1 aliphatic carbocycles. The van der Waals surface area contributed by atoms with Gasteiger partial charge in [-0.15, -0.1) is 10.2 Å². The highest BCUT2D eigenvalue weighted by molar-refractivity contribution is 5.95. The van der Waals surface area contributed by atoms with Crippen LogP contribution >= 0.6 is 0 Å². The molecule has 2 aromatic heterocycles. The summed E-state index contributed by atoms with van der Waals surface area (Å²) in [5.74, 6) is 2.48. The average molecular weight is 412 g/mol. The zero-order chi connectivity index (χ0) is 20.9. The number of para-hydroxylation sites is 1. The van der Waals surface area contributed by atoms with Crippen molar-refractivity contribution in [1.29, 1.82) is 0 Å². The van der Waals surface area contributed by atoms with Crippen LogP contribution in [0.25, 0.3) is 16.6 Å². The van der Waals surface area contributed by atoms with Crippen LogP contribution in [0.15, 0.2) is 48.5 Å². The van der Waals surface area contributed by atoms with Crippen LogP contribution in [0.5, 0.6) is 0 Å². The van der Waals surface area contributed by atoms with Crippen LogP contribution in [0.1, 0.15) is 40.5 Å². The van der Waals surface area contributed by atoms with Crippen LogP contribution in [-0.2, 0) is 0 Å². The summed E-state index contributed by atoms with van der Waals surface area (Å²) >= 11 is 0. The Kier molecular flexibility index (Phi) is 4.16. The summed E-state index contributed by atoms with van der Waals surface area (Å²) in [5.41, 5.74) is 3.67. The summed E-state index contributed by atoms with van der Waals surface area (Å²) in [5, 5.41) is 10.1. The second kappa shape index (κ2) is 7.04. The van der Waals surface area contributed by atoms with Crippen LogP contribution in [-0.4, -0.2) is 56.6 Å². The normalized spacial score (nSPS) is 16.9. The van der Waals surface area contributed by atoms with Gasteiger partial charge in [0.15, 0.2) is 5.65 Å². The number of piperazine rings is 1. The molecule has 1 aliphatic heterocycles. The number of amides is 1. The number of hydrogen-bond donors (Lipinski definition) is 0. The third kappa shape index (κ3) is 3.12. The molecule has 2 aromatic carbocycles. The predicted octanol–water partition coefficient (Wildman–Crippen LogP) is 3.43. The molecule has 4 aromatic rings. The van der Waals surface area contributed by atoms with Crippen LogP contribution in [0, 0.1) is 6.92 Å². The van der Waals surface area contributed by atoms with Gasteiger partial charge in [0.2, 0.25) is 5.95 Å². The van der Waals surface area contributed by atoms with E-state index in [1.807, 2.05) is 54.3 Å². The van der Waals surface area contributed by atoms with Gasteiger partial charge in [-0.25, -0.2) is 9.38 Å². The maximum atomic E-state index is 13.0. The fraction of sp³-hybridized carbons (Fsp3) is 0.333. The highest BCUT2D eigenvalue weighted by Gasteiger charge is 2.32. The number of carbonyl (C=O) groups excluding carboxylic acids is 1. The molecule has 0 bridgehead atoms. The summed E-state index contributed by atoms with van der Waals surface area (Å²) in [6.45, 7) is 4.83. The van der Waals surface area contributed by atoms with Gasteiger partial charge in [-0.2, -0.15) is 0 Å². The minimum Gasteiger partial charge on any atom is -0.338 e. The standard InChI is InChI=1S/C24H24N6O/c1-16-5-4-6-18(15-16)23(31)28-11-13-29(14-12-28)24-25-20-8-3-2-7-19(20)22-27-26-21(30(22)24)17-9-10-17/h2-8,15,17H,9-14H2,1H3. The van der Waals surface area contributed by atoms with E-state index in [4.69, 9.17) is 4.98 Å². The summed E-state index contributed by atoms with van der Waals surface area (Å²) < 4.78 is 2.15. The number of anilines is 1. The van der Waals surface area contributed by atoms with Crippen molar-refractivity contribution < 1.29 is 4.79 Å². The highest BCUT2D eigenvalue weighted by atomic mass is 16.2. The number of aryl methyl sites for hydroxylation is 1. The van der Waals surface area contributed by atoms with Gasteiger partial charge in [0, 0.05) is 43.0 Å². The van der Waals surface area contributed by atoms with Gasteiger partial charge in [-0.05, 0) is 44.0 Å². The molecule has 3 heterocycles. The number of aromatic nitrogens is 4. The SMILES string of the molecule is Cc1cccc(C(=O)N2CCN(c3nc4ccccc4c4nnc(C5CC5)n34)CC2)c1. The van der Waals surface area contributed by atoms with Crippen LogP contribution < -0.4 is 4.90 Å². The molecule has 156 valence electrons. The van der Waals surface area contributed by atoms with E-state index < -0.39 is 0 Å². The van der Waals surface area contributed by atoms with Crippen molar-refractivity contribution in [3.05, 3.63) is 65.5 Å². The molecule has 1 saturated carbocycles. The van der Waals surface area contributed by atoms with Crippen molar-refractivity contribution in [3.63, 3.8) is 0 Å². The summed E-state index contributed by atoms with van der Waals surface area (Å²) in [7, 11) is 0. The van der Waals surface area contributed by atoms with E-state index in [0.717, 1.165) is 65.4 Å². The number of hydrogen-bond acceptors (Lipinski definition) is 5. The molecule has 7 heteroatoms. The average Bonchev–Trinajstić information content (AvgIpc) is 3.56. The second-order valence-electron chi connectivity index (χ2n) is 8.57. The Bertz CT molecular complexity index is 1300. The van der Waals surface area contributed by atoms with Gasteiger partial charge in [-0.3, -0.25) is 4.79 Å². The summed E-state index contributed by atoms with van der Waals surface area (Å²) in [4.78, 5) is 22.2. The van der Waals surface area contributed by atoms with Crippen molar-refractivity contribution in [2.75, 3.05) is 31.1 Å². The largest absolute Gasteiger partial charge is 0.338 e. The molecule has 1 saturated heterocycles. The topological polar surface area (TPSA) is 66.6 Å². The Labute approximate surface area is 180 Å². The monoisotopic (exact) mass is 412 g/mol. The van der Waals surface area contributed by atoms with Crippen molar-refractivity contribution >= 4 is 28.4 Å². The van der Waals surface area contributed by atoms with Crippen LogP contribution in [0.4, 0.5) is 5.95 Å². The lowest BCUT2D eigenvalue weighted by Gasteiger charge is -2.35. The van der Waals surface area contributed by atoms with E-state index in [0.29, 0.717) is 19.0 Å². The Morgan fingerprint density at radius 3 is 2.55 bits per heavy atom. The third-order valence-corrected chi connectivity index (χ3v) is 6.31. The maximum Gasteiger partial charge on any atom is 0.253 e. The molecule has 6 rings (SSSR count). The quantitative estimate of drug-likeness (QED) is 0.516. The lowest BCUT2D eigenvalue weighted by molar-refractivity contribution is 0.0746.